The van der Waals surface area contributed by atoms with Gasteiger partial charge in [0, 0.05) is 17.4 Å². The molecule has 2 aromatic rings. The number of aryl methyl sites for hydroxylation is 2. The molecule has 142 valence electrons. The first-order valence-electron chi connectivity index (χ1n) is 9.93. The maximum absolute atomic E-state index is 12.1. The van der Waals surface area contributed by atoms with E-state index in [4.69, 9.17) is 0 Å². The number of thiazole rings is 1. The second-order valence-corrected chi connectivity index (χ2v) is 7.99. The Balaban J connectivity index is 1.70. The molecule has 0 aliphatic rings. The molecule has 0 aliphatic carbocycles. The van der Waals surface area contributed by atoms with Crippen LogP contribution in [0.2, 0.25) is 0 Å². The molecule has 1 aromatic heterocycles. The summed E-state index contributed by atoms with van der Waals surface area (Å²) in [5, 5.41) is 5.67. The number of nitrogens with one attached hydrogen (secondary N) is 1. The van der Waals surface area contributed by atoms with Crippen molar-refractivity contribution in [2.75, 3.05) is 5.32 Å². The number of hydrogen-bond acceptors (Lipinski definition) is 3. The Morgan fingerprint density at radius 3 is 2.42 bits per heavy atom. The van der Waals surface area contributed by atoms with Gasteiger partial charge in [-0.15, -0.1) is 11.3 Å². The average Bonchev–Trinajstić information content (AvgIpc) is 3.05. The number of rotatable bonds is 11. The van der Waals surface area contributed by atoms with E-state index in [9.17, 15) is 4.79 Å². The summed E-state index contributed by atoms with van der Waals surface area (Å²) < 4.78 is 0. The van der Waals surface area contributed by atoms with Crippen molar-refractivity contribution in [3.63, 3.8) is 0 Å². The lowest BCUT2D eigenvalue weighted by Crippen LogP contribution is -2.10. The summed E-state index contributed by atoms with van der Waals surface area (Å²) in [6.07, 6.45) is 10.6. The third-order valence-corrected chi connectivity index (χ3v) is 5.42. The Hall–Kier alpha value is -1.68. The molecule has 0 bridgehead atoms. The molecule has 0 atom stereocenters. The van der Waals surface area contributed by atoms with Crippen molar-refractivity contribution in [2.24, 2.45) is 0 Å². The van der Waals surface area contributed by atoms with Gasteiger partial charge in [0.2, 0.25) is 5.91 Å². The summed E-state index contributed by atoms with van der Waals surface area (Å²) >= 11 is 1.50. The summed E-state index contributed by atoms with van der Waals surface area (Å²) in [5.74, 6) is 0.0810. The lowest BCUT2D eigenvalue weighted by Gasteiger charge is -2.04. The van der Waals surface area contributed by atoms with E-state index >= 15 is 0 Å². The van der Waals surface area contributed by atoms with Gasteiger partial charge in [-0.1, -0.05) is 75.6 Å². The topological polar surface area (TPSA) is 42.0 Å². The first-order chi connectivity index (χ1) is 12.6. The number of unbranched alkanes of at least 4 members (excludes halogenated alkanes) is 7. The fourth-order valence-corrected chi connectivity index (χ4v) is 3.88. The summed E-state index contributed by atoms with van der Waals surface area (Å²) in [6, 6.07) is 6.36. The second-order valence-electron chi connectivity index (χ2n) is 7.13. The molecule has 1 N–H and O–H groups in total. The Bertz CT molecular complexity index is 693. The Morgan fingerprint density at radius 2 is 1.73 bits per heavy atom. The molecule has 0 fully saturated rings. The highest BCUT2D eigenvalue weighted by Gasteiger charge is 2.09. The maximum atomic E-state index is 12.1. The van der Waals surface area contributed by atoms with Gasteiger partial charge in [0.15, 0.2) is 5.13 Å². The smallest absolute Gasteiger partial charge is 0.226 e. The molecule has 1 aromatic carbocycles. The SMILES string of the molecule is CCCCCCCCCCC(=O)Nc1nc(-c2ccc(C)cc2C)cs1. The van der Waals surface area contributed by atoms with Crippen LogP contribution in [0.15, 0.2) is 23.6 Å². The summed E-state index contributed by atoms with van der Waals surface area (Å²) in [4.78, 5) is 16.7. The van der Waals surface area contributed by atoms with E-state index in [1.807, 2.05) is 5.38 Å². The number of nitrogens with zero attached hydrogens (tertiary/aromatic N) is 1. The van der Waals surface area contributed by atoms with Gasteiger partial charge in [0.05, 0.1) is 5.69 Å². The van der Waals surface area contributed by atoms with Crippen LogP contribution >= 0.6 is 11.3 Å². The molecule has 1 amide bonds. The molecule has 1 heterocycles. The largest absolute Gasteiger partial charge is 0.302 e. The standard InChI is InChI=1S/C22H32N2OS/c1-4-5-6-7-8-9-10-11-12-21(25)24-22-23-20(16-26-22)19-14-13-17(2)15-18(19)3/h13-16H,4-12H2,1-3H3,(H,23,24,25). The average molecular weight is 373 g/mol. The Labute approximate surface area is 162 Å². The summed E-state index contributed by atoms with van der Waals surface area (Å²) in [6.45, 7) is 6.43. The van der Waals surface area contributed by atoms with Gasteiger partial charge >= 0.3 is 0 Å². The number of hydrogen-bond donors (Lipinski definition) is 1. The molecule has 4 heteroatoms. The highest BCUT2D eigenvalue weighted by atomic mass is 32.1. The van der Waals surface area contributed by atoms with Crippen LogP contribution < -0.4 is 5.32 Å². The monoisotopic (exact) mass is 372 g/mol. The molecule has 3 nitrogen and oxygen atoms in total. The summed E-state index contributed by atoms with van der Waals surface area (Å²) in [5.41, 5.74) is 4.54. The van der Waals surface area contributed by atoms with Gasteiger partial charge in [-0.3, -0.25) is 4.79 Å². The van der Waals surface area contributed by atoms with E-state index in [-0.39, 0.29) is 5.91 Å². The minimum Gasteiger partial charge on any atom is -0.302 e. The second kappa shape index (κ2) is 11.1. The highest BCUT2D eigenvalue weighted by Crippen LogP contribution is 2.28. The first kappa shape index (κ1) is 20.6. The molecular weight excluding hydrogens is 340 g/mol. The zero-order valence-electron chi connectivity index (χ0n) is 16.4. The van der Waals surface area contributed by atoms with Crippen LogP contribution in [0, 0.1) is 13.8 Å². The molecule has 2 rings (SSSR count). The van der Waals surface area contributed by atoms with Crippen molar-refractivity contribution in [1.82, 2.24) is 4.98 Å². The van der Waals surface area contributed by atoms with E-state index < -0.39 is 0 Å². The van der Waals surface area contributed by atoms with Gasteiger partial charge in [-0.2, -0.15) is 0 Å². The molecular formula is C22H32N2OS. The zero-order valence-corrected chi connectivity index (χ0v) is 17.3. The van der Waals surface area contributed by atoms with E-state index in [2.05, 4.69) is 49.3 Å². The minimum atomic E-state index is 0.0810. The summed E-state index contributed by atoms with van der Waals surface area (Å²) in [7, 11) is 0. The lowest BCUT2D eigenvalue weighted by atomic mass is 10.0. The normalized spacial score (nSPS) is 10.9. The van der Waals surface area contributed by atoms with E-state index in [0.717, 1.165) is 24.1 Å². The van der Waals surface area contributed by atoms with Crippen LogP contribution in [0.4, 0.5) is 5.13 Å². The predicted molar refractivity (Wildman–Crippen MR) is 113 cm³/mol. The number of anilines is 1. The number of carbonyl (C=O) groups is 1. The van der Waals surface area contributed by atoms with E-state index in [1.165, 1.54) is 61.0 Å². The third kappa shape index (κ3) is 6.91. The predicted octanol–water partition coefficient (Wildman–Crippen LogP) is 6.90. The third-order valence-electron chi connectivity index (χ3n) is 4.67. The van der Waals surface area contributed by atoms with Crippen LogP contribution in [0.1, 0.15) is 75.8 Å². The van der Waals surface area contributed by atoms with Crippen LogP contribution in [0.3, 0.4) is 0 Å². The van der Waals surface area contributed by atoms with Crippen LogP contribution in [-0.2, 0) is 4.79 Å². The molecule has 0 aliphatic heterocycles. The quantitative estimate of drug-likeness (QED) is 0.436. The molecule has 0 radical (unpaired) electrons. The van der Waals surface area contributed by atoms with Crippen molar-refractivity contribution >= 4 is 22.4 Å². The van der Waals surface area contributed by atoms with Crippen molar-refractivity contribution in [3.05, 3.63) is 34.7 Å². The Morgan fingerprint density at radius 1 is 1.04 bits per heavy atom. The van der Waals surface area contributed by atoms with Gasteiger partial charge in [0.1, 0.15) is 0 Å². The Kier molecular flexibility index (Phi) is 8.82. The lowest BCUT2D eigenvalue weighted by molar-refractivity contribution is -0.116. The van der Waals surface area contributed by atoms with Crippen molar-refractivity contribution < 1.29 is 4.79 Å². The fraction of sp³-hybridized carbons (Fsp3) is 0.545. The van der Waals surface area contributed by atoms with Crippen LogP contribution in [0.5, 0.6) is 0 Å². The molecule has 0 saturated carbocycles. The van der Waals surface area contributed by atoms with Crippen LogP contribution in [-0.4, -0.2) is 10.9 Å². The van der Waals surface area contributed by atoms with Crippen molar-refractivity contribution in [3.8, 4) is 11.3 Å². The minimum absolute atomic E-state index is 0.0810. The first-order valence-corrected chi connectivity index (χ1v) is 10.8. The van der Waals surface area contributed by atoms with Gasteiger partial charge in [-0.05, 0) is 25.8 Å². The fourth-order valence-electron chi connectivity index (χ4n) is 3.16. The van der Waals surface area contributed by atoms with Crippen molar-refractivity contribution in [2.45, 2.75) is 78.6 Å². The van der Waals surface area contributed by atoms with Crippen molar-refractivity contribution in [1.29, 1.82) is 0 Å². The number of carbonyl (C=O) groups excluding carboxylic acids is 1. The molecule has 0 saturated heterocycles. The molecule has 26 heavy (non-hydrogen) atoms. The number of aromatic nitrogens is 1. The zero-order chi connectivity index (χ0) is 18.8. The van der Waals surface area contributed by atoms with Crippen LogP contribution in [0.25, 0.3) is 11.3 Å². The van der Waals surface area contributed by atoms with E-state index in [1.54, 1.807) is 0 Å². The number of amides is 1. The van der Waals surface area contributed by atoms with Gasteiger partial charge in [0.25, 0.3) is 0 Å². The molecule has 0 unspecified atom stereocenters. The maximum Gasteiger partial charge on any atom is 0.226 e. The van der Waals surface area contributed by atoms with E-state index in [0.29, 0.717) is 11.6 Å². The highest BCUT2D eigenvalue weighted by molar-refractivity contribution is 7.14. The van der Waals surface area contributed by atoms with Gasteiger partial charge in [-0.25, -0.2) is 4.98 Å². The van der Waals surface area contributed by atoms with Gasteiger partial charge < -0.3 is 5.32 Å². The number of benzene rings is 1. The molecule has 0 spiro atoms.